The number of amides is 2. The van der Waals surface area contributed by atoms with E-state index in [-0.39, 0.29) is 11.8 Å². The Kier molecular flexibility index (Phi) is 4.31. The molecule has 1 N–H and O–H groups in total. The molecule has 5 heteroatoms. The van der Waals surface area contributed by atoms with E-state index in [2.05, 4.69) is 11.9 Å². The third kappa shape index (κ3) is 3.55. The molecule has 1 aliphatic heterocycles. The van der Waals surface area contributed by atoms with Gasteiger partial charge in [-0.2, -0.15) is 0 Å². The minimum atomic E-state index is -0.470. The number of hydrogen-bond donors (Lipinski definition) is 1. The van der Waals surface area contributed by atoms with Crippen LogP contribution in [0.2, 0.25) is 0 Å². The second-order valence-electron chi connectivity index (χ2n) is 6.49. The lowest BCUT2D eigenvalue weighted by Crippen LogP contribution is -2.49. The molecule has 5 nitrogen and oxygen atoms in total. The summed E-state index contributed by atoms with van der Waals surface area (Å²) in [5.74, 6) is 0.301. The molecule has 0 saturated carbocycles. The minimum Gasteiger partial charge on any atom is -0.484 e. The number of rotatable bonds is 3. The fourth-order valence-corrected chi connectivity index (χ4v) is 2.79. The number of carbonyl (C=O) groups excluding carboxylic acids is 2. The number of para-hydroxylation sites is 2. The maximum Gasteiger partial charge on any atom is 0.258 e. The molecule has 0 bridgehead atoms. The minimum absolute atomic E-state index is 0.106. The van der Waals surface area contributed by atoms with Gasteiger partial charge in [0.05, 0.1) is 12.2 Å². The van der Waals surface area contributed by atoms with Crippen LogP contribution in [0, 0.1) is 0 Å². The lowest BCUT2D eigenvalue weighted by atomic mass is 10.0. The number of ether oxygens (including phenoxy) is 1. The van der Waals surface area contributed by atoms with Crippen molar-refractivity contribution in [2.24, 2.45) is 0 Å². The van der Waals surface area contributed by atoms with Crippen molar-refractivity contribution in [3.63, 3.8) is 0 Å². The van der Waals surface area contributed by atoms with Crippen LogP contribution in [0.5, 0.6) is 5.75 Å². The standard InChI is InChI=1S/C20H20N2O3/c1-4-18(23)21-15-11-9-14(10-12-15)19(24)22-13-20(2,3)25-17-8-6-5-7-16(17)22/h4-12H,1,13H2,2-3H3,(H,21,23). The van der Waals surface area contributed by atoms with Gasteiger partial charge in [-0.3, -0.25) is 9.59 Å². The van der Waals surface area contributed by atoms with Crippen LogP contribution in [0.15, 0.2) is 61.2 Å². The van der Waals surface area contributed by atoms with Crippen LogP contribution in [0.25, 0.3) is 0 Å². The SMILES string of the molecule is C=CC(=O)Nc1ccc(C(=O)N2CC(C)(C)Oc3ccccc32)cc1. The Morgan fingerprint density at radius 1 is 1.16 bits per heavy atom. The molecule has 0 aromatic heterocycles. The fourth-order valence-electron chi connectivity index (χ4n) is 2.79. The fraction of sp³-hybridized carbons (Fsp3) is 0.200. The topological polar surface area (TPSA) is 58.6 Å². The second kappa shape index (κ2) is 6.43. The van der Waals surface area contributed by atoms with E-state index in [1.165, 1.54) is 6.08 Å². The highest BCUT2D eigenvalue weighted by Gasteiger charge is 2.34. The molecule has 2 aromatic rings. The predicted molar refractivity (Wildman–Crippen MR) is 98.1 cm³/mol. The van der Waals surface area contributed by atoms with Crippen LogP contribution in [0.1, 0.15) is 24.2 Å². The number of nitrogens with zero attached hydrogens (tertiary/aromatic N) is 1. The monoisotopic (exact) mass is 336 g/mol. The first-order valence-electron chi connectivity index (χ1n) is 8.03. The Hall–Kier alpha value is -3.08. The van der Waals surface area contributed by atoms with Crippen molar-refractivity contribution < 1.29 is 14.3 Å². The van der Waals surface area contributed by atoms with E-state index in [0.717, 1.165) is 5.69 Å². The zero-order valence-corrected chi connectivity index (χ0v) is 14.3. The molecule has 0 unspecified atom stereocenters. The lowest BCUT2D eigenvalue weighted by molar-refractivity contribution is -0.111. The molecule has 128 valence electrons. The summed E-state index contributed by atoms with van der Waals surface area (Å²) in [5, 5.41) is 2.66. The van der Waals surface area contributed by atoms with Crippen molar-refractivity contribution >= 4 is 23.2 Å². The molecule has 3 rings (SSSR count). The van der Waals surface area contributed by atoms with Crippen LogP contribution < -0.4 is 15.0 Å². The molecule has 1 aliphatic rings. The van der Waals surface area contributed by atoms with E-state index in [1.807, 2.05) is 38.1 Å². The lowest BCUT2D eigenvalue weighted by Gasteiger charge is -2.39. The number of carbonyl (C=O) groups is 2. The van der Waals surface area contributed by atoms with Gasteiger partial charge in [0, 0.05) is 11.3 Å². The average Bonchev–Trinajstić information content (AvgIpc) is 2.60. The summed E-state index contributed by atoms with van der Waals surface area (Å²) in [6, 6.07) is 14.3. The van der Waals surface area contributed by atoms with Crippen LogP contribution in [-0.2, 0) is 4.79 Å². The molecule has 0 aliphatic carbocycles. The van der Waals surface area contributed by atoms with E-state index < -0.39 is 5.60 Å². The molecule has 2 aromatic carbocycles. The van der Waals surface area contributed by atoms with Crippen molar-refractivity contribution in [3.8, 4) is 5.75 Å². The number of anilines is 2. The van der Waals surface area contributed by atoms with Gasteiger partial charge in [-0.25, -0.2) is 0 Å². The van der Waals surface area contributed by atoms with E-state index in [4.69, 9.17) is 4.74 Å². The van der Waals surface area contributed by atoms with Crippen molar-refractivity contribution in [1.29, 1.82) is 0 Å². The Balaban J connectivity index is 1.87. The zero-order chi connectivity index (χ0) is 18.0. The molecular weight excluding hydrogens is 316 g/mol. The molecule has 0 saturated heterocycles. The molecule has 0 fully saturated rings. The summed E-state index contributed by atoms with van der Waals surface area (Å²) in [6.45, 7) is 7.78. The van der Waals surface area contributed by atoms with Gasteiger partial charge in [0.1, 0.15) is 11.4 Å². The summed E-state index contributed by atoms with van der Waals surface area (Å²) in [4.78, 5) is 26.1. The van der Waals surface area contributed by atoms with E-state index in [0.29, 0.717) is 23.5 Å². The Morgan fingerprint density at radius 2 is 1.84 bits per heavy atom. The summed E-state index contributed by atoms with van der Waals surface area (Å²) < 4.78 is 5.96. The first-order chi connectivity index (χ1) is 11.9. The molecule has 0 spiro atoms. The highest BCUT2D eigenvalue weighted by Crippen LogP contribution is 2.37. The molecule has 0 radical (unpaired) electrons. The van der Waals surface area contributed by atoms with Crippen molar-refractivity contribution in [2.75, 3.05) is 16.8 Å². The van der Waals surface area contributed by atoms with Gasteiger partial charge in [-0.15, -0.1) is 0 Å². The first kappa shape index (κ1) is 16.8. The van der Waals surface area contributed by atoms with Crippen LogP contribution >= 0.6 is 0 Å². The van der Waals surface area contributed by atoms with Gasteiger partial charge < -0.3 is 15.0 Å². The highest BCUT2D eigenvalue weighted by atomic mass is 16.5. The van der Waals surface area contributed by atoms with E-state index in [1.54, 1.807) is 29.2 Å². The molecular formula is C20H20N2O3. The Bertz CT molecular complexity index is 825. The van der Waals surface area contributed by atoms with Gasteiger partial charge in [0.15, 0.2) is 0 Å². The largest absolute Gasteiger partial charge is 0.484 e. The van der Waals surface area contributed by atoms with E-state index >= 15 is 0 Å². The van der Waals surface area contributed by atoms with Gasteiger partial charge in [-0.05, 0) is 56.3 Å². The van der Waals surface area contributed by atoms with Gasteiger partial charge in [0.2, 0.25) is 5.91 Å². The zero-order valence-electron chi connectivity index (χ0n) is 14.3. The van der Waals surface area contributed by atoms with E-state index in [9.17, 15) is 9.59 Å². The third-order valence-corrected chi connectivity index (χ3v) is 3.91. The smallest absolute Gasteiger partial charge is 0.258 e. The molecule has 0 atom stereocenters. The van der Waals surface area contributed by atoms with Crippen LogP contribution in [-0.4, -0.2) is 24.0 Å². The molecule has 25 heavy (non-hydrogen) atoms. The number of nitrogens with one attached hydrogen (secondary N) is 1. The maximum atomic E-state index is 13.0. The van der Waals surface area contributed by atoms with Crippen molar-refractivity contribution in [2.45, 2.75) is 19.4 Å². The Labute approximate surface area is 146 Å². The van der Waals surface area contributed by atoms with Gasteiger partial charge >= 0.3 is 0 Å². The molecule has 1 heterocycles. The van der Waals surface area contributed by atoms with Crippen LogP contribution in [0.3, 0.4) is 0 Å². The van der Waals surface area contributed by atoms with Crippen molar-refractivity contribution in [3.05, 3.63) is 66.7 Å². The number of hydrogen-bond acceptors (Lipinski definition) is 3. The summed E-state index contributed by atoms with van der Waals surface area (Å²) in [6.07, 6.45) is 1.20. The summed E-state index contributed by atoms with van der Waals surface area (Å²) >= 11 is 0. The van der Waals surface area contributed by atoms with Crippen LogP contribution in [0.4, 0.5) is 11.4 Å². The third-order valence-electron chi connectivity index (χ3n) is 3.91. The second-order valence-corrected chi connectivity index (χ2v) is 6.49. The van der Waals surface area contributed by atoms with Crippen molar-refractivity contribution in [1.82, 2.24) is 0 Å². The summed E-state index contributed by atoms with van der Waals surface area (Å²) in [5.41, 5.74) is 1.45. The number of fused-ring (bicyclic) bond motifs is 1. The quantitative estimate of drug-likeness (QED) is 0.871. The van der Waals surface area contributed by atoms with Gasteiger partial charge in [-0.1, -0.05) is 18.7 Å². The average molecular weight is 336 g/mol. The normalized spacial score (nSPS) is 14.9. The Morgan fingerprint density at radius 3 is 2.52 bits per heavy atom. The maximum absolute atomic E-state index is 13.0. The molecule has 2 amide bonds. The van der Waals surface area contributed by atoms with Gasteiger partial charge in [0.25, 0.3) is 5.91 Å². The predicted octanol–water partition coefficient (Wildman–Crippen LogP) is 3.63. The first-order valence-corrected chi connectivity index (χ1v) is 8.03. The summed E-state index contributed by atoms with van der Waals surface area (Å²) in [7, 11) is 0. The number of benzene rings is 2. The highest BCUT2D eigenvalue weighted by molar-refractivity contribution is 6.07.